The molecule has 6 heteroatoms. The number of carbonyl (C=O) groups is 3. The highest BCUT2D eigenvalue weighted by Gasteiger charge is 2.17. The fourth-order valence-corrected chi connectivity index (χ4v) is 3.93. The lowest BCUT2D eigenvalue weighted by Gasteiger charge is -2.17. The van der Waals surface area contributed by atoms with Gasteiger partial charge < -0.3 is 9.64 Å². The maximum absolute atomic E-state index is 12.4. The molecule has 5 nitrogen and oxygen atoms in total. The van der Waals surface area contributed by atoms with Gasteiger partial charge in [-0.05, 0) is 60.4 Å². The number of benzene rings is 2. The van der Waals surface area contributed by atoms with Crippen molar-refractivity contribution < 1.29 is 19.1 Å². The molecule has 0 saturated carbocycles. The van der Waals surface area contributed by atoms with Gasteiger partial charge in [0, 0.05) is 30.5 Å². The topological polar surface area (TPSA) is 63.7 Å². The molecule has 0 saturated heterocycles. The minimum atomic E-state index is -0.532. The molecule has 1 amide bonds. The van der Waals surface area contributed by atoms with E-state index in [0.717, 1.165) is 29.7 Å². The van der Waals surface area contributed by atoms with Crippen LogP contribution in [-0.2, 0) is 33.7 Å². The first-order valence-electron chi connectivity index (χ1n) is 10.1. The number of nitrogens with zero attached hydrogens (tertiary/aromatic N) is 1. The SMILES string of the molecule is CSc1ccc(CN(C)C(=O)COC(=O)CCC(=O)c2ccc3c(c2)CCC3)cc1. The number of amides is 1. The molecule has 0 fully saturated rings. The molecule has 1 aliphatic carbocycles. The summed E-state index contributed by atoms with van der Waals surface area (Å²) in [6, 6.07) is 13.8. The summed E-state index contributed by atoms with van der Waals surface area (Å²) in [5.41, 5.74) is 4.20. The molecule has 158 valence electrons. The third kappa shape index (κ3) is 5.95. The molecule has 2 aromatic carbocycles. The summed E-state index contributed by atoms with van der Waals surface area (Å²) in [6.45, 7) is 0.132. The van der Waals surface area contributed by atoms with E-state index in [4.69, 9.17) is 4.74 Å². The maximum Gasteiger partial charge on any atom is 0.306 e. The van der Waals surface area contributed by atoms with Crippen molar-refractivity contribution in [3.8, 4) is 0 Å². The zero-order valence-corrected chi connectivity index (χ0v) is 18.3. The molecule has 0 aliphatic heterocycles. The fourth-order valence-electron chi connectivity index (χ4n) is 3.52. The number of hydrogen-bond donors (Lipinski definition) is 0. The van der Waals surface area contributed by atoms with Gasteiger partial charge in [0.15, 0.2) is 12.4 Å². The summed E-state index contributed by atoms with van der Waals surface area (Å²) >= 11 is 1.66. The van der Waals surface area contributed by atoms with Gasteiger partial charge >= 0.3 is 5.97 Å². The number of rotatable bonds is 9. The van der Waals surface area contributed by atoms with Crippen LogP contribution in [0.5, 0.6) is 0 Å². The minimum Gasteiger partial charge on any atom is -0.456 e. The zero-order valence-electron chi connectivity index (χ0n) is 17.5. The minimum absolute atomic E-state index is 0.0247. The van der Waals surface area contributed by atoms with Gasteiger partial charge in [-0.1, -0.05) is 24.3 Å². The molecule has 3 rings (SSSR count). The van der Waals surface area contributed by atoms with Crippen molar-refractivity contribution in [1.29, 1.82) is 0 Å². The fraction of sp³-hybridized carbons (Fsp3) is 0.375. The zero-order chi connectivity index (χ0) is 21.5. The Morgan fingerprint density at radius 3 is 2.47 bits per heavy atom. The van der Waals surface area contributed by atoms with Crippen molar-refractivity contribution in [1.82, 2.24) is 4.90 Å². The van der Waals surface area contributed by atoms with Gasteiger partial charge in [-0.2, -0.15) is 0 Å². The summed E-state index contributed by atoms with van der Waals surface area (Å²) in [6.07, 6.45) is 5.28. The number of likely N-dealkylation sites (N-methyl/N-ethyl adjacent to an activating group) is 1. The Labute approximate surface area is 181 Å². The molecule has 2 aromatic rings. The Bertz CT molecular complexity index is 923. The number of fused-ring (bicyclic) bond motifs is 1. The van der Waals surface area contributed by atoms with Crippen LogP contribution in [0.2, 0.25) is 0 Å². The van der Waals surface area contributed by atoms with Crippen LogP contribution in [0.3, 0.4) is 0 Å². The third-order valence-corrected chi connectivity index (χ3v) is 6.08. The third-order valence-electron chi connectivity index (χ3n) is 5.34. The number of aryl methyl sites for hydroxylation is 2. The number of hydrogen-bond acceptors (Lipinski definition) is 5. The molecule has 0 heterocycles. The Morgan fingerprint density at radius 2 is 1.73 bits per heavy atom. The van der Waals surface area contributed by atoms with Crippen LogP contribution >= 0.6 is 11.8 Å². The highest BCUT2D eigenvalue weighted by Crippen LogP contribution is 2.23. The number of carbonyl (C=O) groups excluding carboxylic acids is 3. The van der Waals surface area contributed by atoms with E-state index in [2.05, 4.69) is 0 Å². The van der Waals surface area contributed by atoms with E-state index in [-0.39, 0.29) is 31.1 Å². The second-order valence-electron chi connectivity index (χ2n) is 7.52. The molecular weight excluding hydrogens is 398 g/mol. The van der Waals surface area contributed by atoms with Crippen LogP contribution in [0.4, 0.5) is 0 Å². The predicted molar refractivity (Wildman–Crippen MR) is 118 cm³/mol. The highest BCUT2D eigenvalue weighted by atomic mass is 32.2. The second kappa shape index (κ2) is 10.4. The number of ketones is 1. The lowest BCUT2D eigenvalue weighted by atomic mass is 10.0. The lowest BCUT2D eigenvalue weighted by Crippen LogP contribution is -2.30. The summed E-state index contributed by atoms with van der Waals surface area (Å²) in [7, 11) is 1.68. The van der Waals surface area contributed by atoms with Crippen LogP contribution in [0.25, 0.3) is 0 Å². The lowest BCUT2D eigenvalue weighted by molar-refractivity contribution is -0.151. The van der Waals surface area contributed by atoms with Gasteiger partial charge in [-0.25, -0.2) is 0 Å². The van der Waals surface area contributed by atoms with Gasteiger partial charge in [0.05, 0.1) is 6.42 Å². The van der Waals surface area contributed by atoms with Crippen molar-refractivity contribution in [2.45, 2.75) is 43.5 Å². The smallest absolute Gasteiger partial charge is 0.306 e. The van der Waals surface area contributed by atoms with Crippen LogP contribution in [0, 0.1) is 0 Å². The van der Waals surface area contributed by atoms with Crippen molar-refractivity contribution >= 4 is 29.4 Å². The summed E-state index contributed by atoms with van der Waals surface area (Å²) in [5.74, 6) is -0.878. The van der Waals surface area contributed by atoms with Gasteiger partial charge in [-0.15, -0.1) is 11.8 Å². The molecular formula is C24H27NO4S. The van der Waals surface area contributed by atoms with E-state index < -0.39 is 5.97 Å². The molecule has 0 aromatic heterocycles. The standard InChI is InChI=1S/C24H27NO4S/c1-25(15-17-6-10-21(30-2)11-7-17)23(27)16-29-24(28)13-12-22(26)20-9-8-18-4-3-5-19(18)14-20/h6-11,14H,3-5,12-13,15-16H2,1-2H3. The van der Waals surface area contributed by atoms with Gasteiger partial charge in [-0.3, -0.25) is 14.4 Å². The highest BCUT2D eigenvalue weighted by molar-refractivity contribution is 7.98. The van der Waals surface area contributed by atoms with E-state index >= 15 is 0 Å². The second-order valence-corrected chi connectivity index (χ2v) is 8.40. The molecule has 0 spiro atoms. The number of Topliss-reactive ketones (excluding diaryl/α,β-unsaturated/α-hetero) is 1. The van der Waals surface area contributed by atoms with Crippen LogP contribution in [0.15, 0.2) is 47.4 Å². The first kappa shape index (κ1) is 22.1. The van der Waals surface area contributed by atoms with E-state index in [1.807, 2.05) is 48.7 Å². The molecule has 0 bridgehead atoms. The maximum atomic E-state index is 12.4. The normalized spacial score (nSPS) is 12.3. The van der Waals surface area contributed by atoms with Crippen molar-refractivity contribution in [2.24, 2.45) is 0 Å². The average molecular weight is 426 g/mol. The molecule has 0 radical (unpaired) electrons. The Morgan fingerprint density at radius 1 is 1.00 bits per heavy atom. The average Bonchev–Trinajstić information content (AvgIpc) is 3.24. The predicted octanol–water partition coefficient (Wildman–Crippen LogP) is 4.06. The summed E-state index contributed by atoms with van der Waals surface area (Å²) in [5, 5.41) is 0. The number of ether oxygens (including phenoxy) is 1. The van der Waals surface area contributed by atoms with Gasteiger partial charge in [0.2, 0.25) is 0 Å². The van der Waals surface area contributed by atoms with Crippen molar-refractivity contribution in [2.75, 3.05) is 19.9 Å². The molecule has 1 aliphatic rings. The molecule has 0 N–H and O–H groups in total. The van der Waals surface area contributed by atoms with E-state index in [0.29, 0.717) is 12.1 Å². The summed E-state index contributed by atoms with van der Waals surface area (Å²) < 4.78 is 5.07. The van der Waals surface area contributed by atoms with E-state index in [1.54, 1.807) is 18.8 Å². The Balaban J connectivity index is 1.40. The molecule has 0 unspecified atom stereocenters. The van der Waals surface area contributed by atoms with Gasteiger partial charge in [0.25, 0.3) is 5.91 Å². The largest absolute Gasteiger partial charge is 0.456 e. The number of thioether (sulfide) groups is 1. The van der Waals surface area contributed by atoms with Gasteiger partial charge in [0.1, 0.15) is 0 Å². The van der Waals surface area contributed by atoms with Crippen LogP contribution in [-0.4, -0.2) is 42.5 Å². The van der Waals surface area contributed by atoms with Crippen molar-refractivity contribution in [3.05, 3.63) is 64.7 Å². The monoisotopic (exact) mass is 425 g/mol. The van der Waals surface area contributed by atoms with Crippen molar-refractivity contribution in [3.63, 3.8) is 0 Å². The Kier molecular flexibility index (Phi) is 7.69. The van der Waals surface area contributed by atoms with E-state index in [9.17, 15) is 14.4 Å². The molecule has 0 atom stereocenters. The van der Waals surface area contributed by atoms with Crippen LogP contribution < -0.4 is 0 Å². The number of esters is 1. The Hall–Kier alpha value is -2.60. The molecule has 30 heavy (non-hydrogen) atoms. The quantitative estimate of drug-likeness (QED) is 0.344. The van der Waals surface area contributed by atoms with Crippen LogP contribution in [0.1, 0.15) is 46.3 Å². The first-order valence-corrected chi connectivity index (χ1v) is 11.4. The first-order chi connectivity index (χ1) is 14.5. The van der Waals surface area contributed by atoms with E-state index in [1.165, 1.54) is 16.0 Å². The summed E-state index contributed by atoms with van der Waals surface area (Å²) in [4.78, 5) is 39.2.